The Morgan fingerprint density at radius 3 is 2.67 bits per heavy atom. The van der Waals surface area contributed by atoms with Gasteiger partial charge in [0.05, 0.1) is 17.4 Å². The topological polar surface area (TPSA) is 104 Å². The van der Waals surface area contributed by atoms with Crippen LogP contribution in [0.4, 0.5) is 5.69 Å². The van der Waals surface area contributed by atoms with Gasteiger partial charge in [-0.15, -0.1) is 0 Å². The van der Waals surface area contributed by atoms with Crippen molar-refractivity contribution in [1.29, 1.82) is 0 Å². The summed E-state index contributed by atoms with van der Waals surface area (Å²) >= 11 is 0. The largest absolute Gasteiger partial charge is 0.349 e. The highest BCUT2D eigenvalue weighted by atomic mass is 32.2. The van der Waals surface area contributed by atoms with Crippen molar-refractivity contribution in [3.8, 4) is 0 Å². The second-order valence-corrected chi connectivity index (χ2v) is 6.47. The van der Waals surface area contributed by atoms with Gasteiger partial charge in [0.1, 0.15) is 0 Å². The summed E-state index contributed by atoms with van der Waals surface area (Å²) in [6.45, 7) is 0. The molecule has 0 radical (unpaired) electrons. The number of sulfonamides is 1. The Morgan fingerprint density at radius 1 is 1.24 bits per heavy atom. The molecule has 0 atom stereocenters. The number of nitrogens with one attached hydrogen (secondary N) is 3. The number of carbonyl (C=O) groups excluding carboxylic acids is 1. The molecule has 1 amide bonds. The van der Waals surface area contributed by atoms with Crippen LogP contribution in [0.2, 0.25) is 0 Å². The Kier molecular flexibility index (Phi) is 3.38. The average Bonchev–Trinajstić information content (AvgIpc) is 3.07. The maximum Gasteiger partial charge on any atom is 0.278 e. The third-order valence-corrected chi connectivity index (χ3v) is 4.39. The zero-order valence-corrected chi connectivity index (χ0v) is 11.9. The standard InChI is InChI=1S/C13H14N4O3S/c18-13(15-9-5-6-9)10-3-1-2-4-11(10)17-21(19,20)12-7-8-14-16-12/h1-4,7-9,17H,5-6H2,(H,14,16)(H,15,18). The Labute approximate surface area is 121 Å². The van der Waals surface area contributed by atoms with E-state index >= 15 is 0 Å². The summed E-state index contributed by atoms with van der Waals surface area (Å²) in [5, 5.41) is 8.78. The predicted molar refractivity (Wildman–Crippen MR) is 76.3 cm³/mol. The Morgan fingerprint density at radius 2 is 2.00 bits per heavy atom. The third kappa shape index (κ3) is 3.05. The molecule has 0 bridgehead atoms. The molecule has 0 aliphatic heterocycles. The summed E-state index contributed by atoms with van der Waals surface area (Å²) in [6, 6.07) is 8.04. The number of hydrogen-bond donors (Lipinski definition) is 3. The van der Waals surface area contributed by atoms with Crippen LogP contribution in [0.3, 0.4) is 0 Å². The van der Waals surface area contributed by atoms with E-state index in [4.69, 9.17) is 0 Å². The summed E-state index contributed by atoms with van der Waals surface area (Å²) in [6.07, 6.45) is 3.28. The number of aromatic nitrogens is 2. The van der Waals surface area contributed by atoms with Gasteiger partial charge in [0, 0.05) is 6.04 Å². The SMILES string of the molecule is O=C(NC1CC1)c1ccccc1NS(=O)(=O)c1ccn[nH]1. The molecule has 8 heteroatoms. The van der Waals surface area contributed by atoms with E-state index < -0.39 is 10.0 Å². The molecule has 1 aromatic heterocycles. The van der Waals surface area contributed by atoms with Crippen molar-refractivity contribution in [2.75, 3.05) is 4.72 Å². The predicted octanol–water partition coefficient (Wildman–Crippen LogP) is 1.10. The molecule has 0 saturated heterocycles. The lowest BCUT2D eigenvalue weighted by molar-refractivity contribution is 0.0952. The minimum atomic E-state index is -3.79. The van der Waals surface area contributed by atoms with Gasteiger partial charge in [-0.05, 0) is 31.0 Å². The molecule has 110 valence electrons. The van der Waals surface area contributed by atoms with Gasteiger partial charge in [0.25, 0.3) is 15.9 Å². The van der Waals surface area contributed by atoms with Gasteiger partial charge in [0.15, 0.2) is 5.03 Å². The normalized spacial score (nSPS) is 14.7. The maximum absolute atomic E-state index is 12.2. The molecule has 1 heterocycles. The summed E-state index contributed by atoms with van der Waals surface area (Å²) < 4.78 is 26.7. The molecule has 21 heavy (non-hydrogen) atoms. The zero-order chi connectivity index (χ0) is 14.9. The molecular weight excluding hydrogens is 292 g/mol. The van der Waals surface area contributed by atoms with E-state index in [1.165, 1.54) is 12.3 Å². The fourth-order valence-corrected chi connectivity index (χ4v) is 2.84. The number of para-hydroxylation sites is 1. The van der Waals surface area contributed by atoms with Gasteiger partial charge >= 0.3 is 0 Å². The van der Waals surface area contributed by atoms with Crippen molar-refractivity contribution < 1.29 is 13.2 Å². The van der Waals surface area contributed by atoms with Gasteiger partial charge in [-0.2, -0.15) is 13.5 Å². The Bertz CT molecular complexity index is 751. The van der Waals surface area contributed by atoms with Crippen molar-refractivity contribution in [3.63, 3.8) is 0 Å². The molecule has 1 fully saturated rings. The first-order valence-electron chi connectivity index (χ1n) is 6.48. The second kappa shape index (κ2) is 5.21. The number of rotatable bonds is 5. The third-order valence-electron chi connectivity index (χ3n) is 3.09. The molecule has 1 aliphatic rings. The van der Waals surface area contributed by atoms with Crippen molar-refractivity contribution in [3.05, 3.63) is 42.1 Å². The van der Waals surface area contributed by atoms with Crippen molar-refractivity contribution in [2.24, 2.45) is 0 Å². The van der Waals surface area contributed by atoms with Crippen LogP contribution in [0.5, 0.6) is 0 Å². The highest BCUT2D eigenvalue weighted by molar-refractivity contribution is 7.92. The van der Waals surface area contributed by atoms with E-state index in [9.17, 15) is 13.2 Å². The number of H-pyrrole nitrogens is 1. The summed E-state index contributed by atoms with van der Waals surface area (Å²) in [4.78, 5) is 12.1. The van der Waals surface area contributed by atoms with E-state index in [1.807, 2.05) is 0 Å². The van der Waals surface area contributed by atoms with E-state index in [0.29, 0.717) is 5.56 Å². The smallest absolute Gasteiger partial charge is 0.278 e. The maximum atomic E-state index is 12.2. The van der Waals surface area contributed by atoms with Crippen LogP contribution in [0.25, 0.3) is 0 Å². The van der Waals surface area contributed by atoms with Crippen molar-refractivity contribution >= 4 is 21.6 Å². The van der Waals surface area contributed by atoms with Gasteiger partial charge in [-0.1, -0.05) is 12.1 Å². The van der Waals surface area contributed by atoms with E-state index in [-0.39, 0.29) is 22.7 Å². The average molecular weight is 306 g/mol. The molecule has 1 saturated carbocycles. The molecular formula is C13H14N4O3S. The van der Waals surface area contributed by atoms with Gasteiger partial charge in [-0.25, -0.2) is 0 Å². The molecule has 1 aliphatic carbocycles. The summed E-state index contributed by atoms with van der Waals surface area (Å²) in [5.74, 6) is -0.277. The quantitative estimate of drug-likeness (QED) is 0.769. The highest BCUT2D eigenvalue weighted by Gasteiger charge is 2.25. The van der Waals surface area contributed by atoms with Crippen LogP contribution in [0, 0.1) is 0 Å². The van der Waals surface area contributed by atoms with E-state index in [0.717, 1.165) is 12.8 Å². The zero-order valence-electron chi connectivity index (χ0n) is 11.0. The number of hydrogen-bond acceptors (Lipinski definition) is 4. The number of benzene rings is 1. The molecule has 0 spiro atoms. The van der Waals surface area contributed by atoms with E-state index in [2.05, 4.69) is 20.2 Å². The number of nitrogens with zero attached hydrogens (tertiary/aromatic N) is 1. The van der Waals surface area contributed by atoms with Crippen LogP contribution >= 0.6 is 0 Å². The number of anilines is 1. The molecule has 7 nitrogen and oxygen atoms in total. The highest BCUT2D eigenvalue weighted by Crippen LogP contribution is 2.22. The number of aromatic amines is 1. The Balaban J connectivity index is 1.87. The fourth-order valence-electron chi connectivity index (χ4n) is 1.85. The van der Waals surface area contributed by atoms with Gasteiger partial charge < -0.3 is 5.32 Å². The first-order chi connectivity index (χ1) is 10.1. The van der Waals surface area contributed by atoms with Crippen LogP contribution < -0.4 is 10.0 Å². The Hall–Kier alpha value is -2.35. The monoisotopic (exact) mass is 306 g/mol. The van der Waals surface area contributed by atoms with Crippen LogP contribution in [-0.2, 0) is 10.0 Å². The minimum Gasteiger partial charge on any atom is -0.349 e. The number of amides is 1. The number of carbonyl (C=O) groups is 1. The lowest BCUT2D eigenvalue weighted by Gasteiger charge is -2.11. The van der Waals surface area contributed by atoms with Crippen LogP contribution in [0.15, 0.2) is 41.6 Å². The van der Waals surface area contributed by atoms with E-state index in [1.54, 1.807) is 24.3 Å². The minimum absolute atomic E-state index is 0.0556. The lowest BCUT2D eigenvalue weighted by Crippen LogP contribution is -2.27. The van der Waals surface area contributed by atoms with Crippen molar-refractivity contribution in [2.45, 2.75) is 23.9 Å². The molecule has 2 aromatic rings. The second-order valence-electron chi connectivity index (χ2n) is 4.82. The summed E-state index contributed by atoms with van der Waals surface area (Å²) in [7, 11) is -3.79. The van der Waals surface area contributed by atoms with Crippen molar-refractivity contribution in [1.82, 2.24) is 15.5 Å². The first kappa shape index (κ1) is 13.6. The molecule has 0 unspecified atom stereocenters. The molecule has 3 N–H and O–H groups in total. The van der Waals surface area contributed by atoms with Crippen LogP contribution in [0.1, 0.15) is 23.2 Å². The van der Waals surface area contributed by atoms with Gasteiger partial charge in [0.2, 0.25) is 0 Å². The van der Waals surface area contributed by atoms with Crippen LogP contribution in [-0.4, -0.2) is 30.6 Å². The summed E-state index contributed by atoms with van der Waals surface area (Å²) in [5.41, 5.74) is 0.540. The first-order valence-corrected chi connectivity index (χ1v) is 7.97. The fraction of sp³-hybridized carbons (Fsp3) is 0.231. The van der Waals surface area contributed by atoms with Gasteiger partial charge in [-0.3, -0.25) is 14.6 Å². The molecule has 1 aromatic carbocycles. The lowest BCUT2D eigenvalue weighted by atomic mass is 10.1. The molecule has 3 rings (SSSR count).